The van der Waals surface area contributed by atoms with E-state index in [-0.39, 0.29) is 11.9 Å². The number of rotatable bonds is 6. The Labute approximate surface area is 191 Å². The number of ether oxygens (including phenoxy) is 2. The zero-order chi connectivity index (χ0) is 21.9. The van der Waals surface area contributed by atoms with Gasteiger partial charge in [0.1, 0.15) is 19.0 Å². The minimum absolute atomic E-state index is 0.0721. The van der Waals surface area contributed by atoms with Crippen molar-refractivity contribution < 1.29 is 14.3 Å². The van der Waals surface area contributed by atoms with Crippen molar-refractivity contribution in [3.05, 3.63) is 65.5 Å². The molecule has 8 heteroatoms. The molecule has 3 aromatic rings. The molecule has 0 N–H and O–H groups in total. The van der Waals surface area contributed by atoms with Gasteiger partial charge in [-0.1, -0.05) is 48.2 Å². The molecule has 1 unspecified atom stereocenters. The third-order valence-corrected chi connectivity index (χ3v) is 6.89. The zero-order valence-corrected chi connectivity index (χ0v) is 18.9. The predicted octanol–water partition coefficient (Wildman–Crippen LogP) is 3.86. The molecule has 1 amide bonds. The van der Waals surface area contributed by atoms with Crippen LogP contribution in [0.5, 0.6) is 11.5 Å². The molecule has 2 aliphatic heterocycles. The molecular formula is C24H26N4O3S. The molecule has 0 radical (unpaired) electrons. The van der Waals surface area contributed by atoms with E-state index >= 15 is 0 Å². The van der Waals surface area contributed by atoms with Gasteiger partial charge >= 0.3 is 0 Å². The van der Waals surface area contributed by atoms with Gasteiger partial charge in [0.25, 0.3) is 0 Å². The molecule has 3 heterocycles. The molecule has 1 aromatic heterocycles. The highest BCUT2D eigenvalue weighted by Crippen LogP contribution is 2.38. The molecule has 32 heavy (non-hydrogen) atoms. The minimum atomic E-state index is 0.0721. The molecule has 1 atom stereocenters. The number of carbonyl (C=O) groups excluding carboxylic acids is 1. The fourth-order valence-corrected chi connectivity index (χ4v) is 5.17. The standard InChI is InChI=1S/C24H26N4O3S/c1-17-25-26-24(28(17)15-18-6-3-2-4-7-18)32-16-23(29)27-11-5-8-20(27)19-9-10-21-22(14-19)31-13-12-30-21/h2-4,6-7,9-10,14,20H,5,8,11-13,15-16H2,1H3. The Hall–Kier alpha value is -3.00. The Kier molecular flexibility index (Phi) is 6.03. The highest BCUT2D eigenvalue weighted by molar-refractivity contribution is 7.99. The van der Waals surface area contributed by atoms with Crippen LogP contribution in [0, 0.1) is 6.92 Å². The lowest BCUT2D eigenvalue weighted by atomic mass is 10.0. The lowest BCUT2D eigenvalue weighted by molar-refractivity contribution is -0.129. The van der Waals surface area contributed by atoms with Crippen LogP contribution in [-0.2, 0) is 11.3 Å². The first kappa shape index (κ1) is 20.9. The molecule has 0 saturated carbocycles. The molecule has 2 aliphatic rings. The van der Waals surface area contributed by atoms with Gasteiger partial charge in [0, 0.05) is 6.54 Å². The van der Waals surface area contributed by atoms with Gasteiger partial charge in [-0.2, -0.15) is 0 Å². The molecular weight excluding hydrogens is 424 g/mol. The first-order chi connectivity index (χ1) is 15.7. The maximum Gasteiger partial charge on any atom is 0.233 e. The number of likely N-dealkylation sites (tertiary alicyclic amines) is 1. The second-order valence-corrected chi connectivity index (χ2v) is 8.98. The van der Waals surface area contributed by atoms with Gasteiger partial charge in [0.05, 0.1) is 18.3 Å². The molecule has 166 valence electrons. The zero-order valence-electron chi connectivity index (χ0n) is 18.1. The summed E-state index contributed by atoms with van der Waals surface area (Å²) in [5.74, 6) is 2.86. The Morgan fingerprint density at radius 3 is 2.75 bits per heavy atom. The number of amides is 1. The van der Waals surface area contributed by atoms with E-state index in [1.165, 1.54) is 17.3 Å². The summed E-state index contributed by atoms with van der Waals surface area (Å²) in [6, 6.07) is 16.3. The van der Waals surface area contributed by atoms with Crippen LogP contribution in [0.15, 0.2) is 53.7 Å². The smallest absolute Gasteiger partial charge is 0.233 e. The van der Waals surface area contributed by atoms with Crippen LogP contribution < -0.4 is 9.47 Å². The highest BCUT2D eigenvalue weighted by Gasteiger charge is 2.31. The van der Waals surface area contributed by atoms with Gasteiger partial charge in [0.15, 0.2) is 16.7 Å². The van der Waals surface area contributed by atoms with Crippen LogP contribution in [0.1, 0.15) is 35.8 Å². The number of aromatic nitrogens is 3. The molecule has 0 bridgehead atoms. The topological polar surface area (TPSA) is 69.5 Å². The van der Waals surface area contributed by atoms with Gasteiger partial charge in [-0.05, 0) is 43.0 Å². The maximum absolute atomic E-state index is 13.2. The van der Waals surface area contributed by atoms with Crippen LogP contribution >= 0.6 is 11.8 Å². The van der Waals surface area contributed by atoms with E-state index in [2.05, 4.69) is 33.0 Å². The Bertz CT molecular complexity index is 1100. The average molecular weight is 451 g/mol. The normalized spacial score (nSPS) is 17.5. The van der Waals surface area contributed by atoms with Gasteiger partial charge in [-0.25, -0.2) is 0 Å². The number of hydrogen-bond donors (Lipinski definition) is 0. The summed E-state index contributed by atoms with van der Waals surface area (Å²) in [7, 11) is 0. The number of hydrogen-bond acceptors (Lipinski definition) is 6. The van der Waals surface area contributed by atoms with Crippen molar-refractivity contribution in [2.45, 2.75) is 37.5 Å². The third kappa shape index (κ3) is 4.32. The Morgan fingerprint density at radius 2 is 1.91 bits per heavy atom. The van der Waals surface area contributed by atoms with Crippen LogP contribution in [0.25, 0.3) is 0 Å². The monoisotopic (exact) mass is 450 g/mol. The van der Waals surface area contributed by atoms with Crippen LogP contribution in [-0.4, -0.2) is 51.1 Å². The van der Waals surface area contributed by atoms with E-state index in [1.807, 2.05) is 42.2 Å². The SMILES string of the molecule is Cc1nnc(SCC(=O)N2CCCC2c2ccc3c(c2)OCCO3)n1Cc1ccccc1. The van der Waals surface area contributed by atoms with E-state index in [9.17, 15) is 4.79 Å². The van der Waals surface area contributed by atoms with Crippen molar-refractivity contribution in [3.8, 4) is 11.5 Å². The molecule has 1 fully saturated rings. The first-order valence-corrected chi connectivity index (χ1v) is 11.9. The Balaban J connectivity index is 1.26. The van der Waals surface area contributed by atoms with Gasteiger partial charge in [-0.15, -0.1) is 10.2 Å². The number of thioether (sulfide) groups is 1. The van der Waals surface area contributed by atoms with Crippen LogP contribution in [0.3, 0.4) is 0 Å². The van der Waals surface area contributed by atoms with Crippen LogP contribution in [0.2, 0.25) is 0 Å². The van der Waals surface area contributed by atoms with Gasteiger partial charge < -0.3 is 18.9 Å². The third-order valence-electron chi connectivity index (χ3n) is 5.93. The largest absolute Gasteiger partial charge is 0.486 e. The van der Waals surface area contributed by atoms with Crippen molar-refractivity contribution in [3.63, 3.8) is 0 Å². The lowest BCUT2D eigenvalue weighted by Crippen LogP contribution is -2.32. The van der Waals surface area contributed by atoms with E-state index < -0.39 is 0 Å². The van der Waals surface area contributed by atoms with Crippen molar-refractivity contribution in [1.29, 1.82) is 0 Å². The fourth-order valence-electron chi connectivity index (χ4n) is 4.30. The maximum atomic E-state index is 13.2. The predicted molar refractivity (Wildman–Crippen MR) is 122 cm³/mol. The molecule has 1 saturated heterocycles. The summed E-state index contributed by atoms with van der Waals surface area (Å²) in [5, 5.41) is 9.32. The molecule has 5 rings (SSSR count). The van der Waals surface area contributed by atoms with Gasteiger partial charge in [0.2, 0.25) is 5.91 Å². The number of carbonyl (C=O) groups is 1. The van der Waals surface area contributed by atoms with E-state index in [0.29, 0.717) is 25.5 Å². The van der Waals surface area contributed by atoms with E-state index in [0.717, 1.165) is 47.4 Å². The second kappa shape index (κ2) is 9.24. The number of aryl methyl sites for hydroxylation is 1. The fraction of sp³-hybridized carbons (Fsp3) is 0.375. The number of benzene rings is 2. The van der Waals surface area contributed by atoms with Crippen molar-refractivity contribution in [2.24, 2.45) is 0 Å². The molecule has 0 spiro atoms. The van der Waals surface area contributed by atoms with Crippen LogP contribution in [0.4, 0.5) is 0 Å². The summed E-state index contributed by atoms with van der Waals surface area (Å²) < 4.78 is 13.4. The summed E-state index contributed by atoms with van der Waals surface area (Å²) in [6.07, 6.45) is 1.96. The number of fused-ring (bicyclic) bond motifs is 1. The van der Waals surface area contributed by atoms with E-state index in [1.54, 1.807) is 0 Å². The summed E-state index contributed by atoms with van der Waals surface area (Å²) in [6.45, 7) is 4.55. The van der Waals surface area contributed by atoms with Crippen molar-refractivity contribution in [2.75, 3.05) is 25.5 Å². The van der Waals surface area contributed by atoms with Crippen molar-refractivity contribution in [1.82, 2.24) is 19.7 Å². The number of nitrogens with zero attached hydrogens (tertiary/aromatic N) is 4. The molecule has 2 aromatic carbocycles. The van der Waals surface area contributed by atoms with Crippen molar-refractivity contribution >= 4 is 17.7 Å². The second-order valence-electron chi connectivity index (χ2n) is 8.04. The lowest BCUT2D eigenvalue weighted by Gasteiger charge is -2.26. The molecule has 7 nitrogen and oxygen atoms in total. The highest BCUT2D eigenvalue weighted by atomic mass is 32.2. The average Bonchev–Trinajstić information content (AvgIpc) is 3.45. The summed E-state index contributed by atoms with van der Waals surface area (Å²) in [4.78, 5) is 15.1. The minimum Gasteiger partial charge on any atom is -0.486 e. The Morgan fingerprint density at radius 1 is 1.09 bits per heavy atom. The summed E-state index contributed by atoms with van der Waals surface area (Å²) >= 11 is 1.46. The summed E-state index contributed by atoms with van der Waals surface area (Å²) in [5.41, 5.74) is 2.29. The quantitative estimate of drug-likeness (QED) is 0.531. The van der Waals surface area contributed by atoms with Gasteiger partial charge in [-0.3, -0.25) is 4.79 Å². The molecule has 0 aliphatic carbocycles. The first-order valence-electron chi connectivity index (χ1n) is 10.9. The van der Waals surface area contributed by atoms with E-state index in [4.69, 9.17) is 9.47 Å².